The van der Waals surface area contributed by atoms with E-state index in [2.05, 4.69) is 19.2 Å². The maximum absolute atomic E-state index is 3.83. The first kappa shape index (κ1) is 9.51. The number of hydrogen-bond donors (Lipinski definition) is 1. The lowest BCUT2D eigenvalue weighted by atomic mass is 9.62. The van der Waals surface area contributed by atoms with E-state index in [-0.39, 0.29) is 0 Å². The summed E-state index contributed by atoms with van der Waals surface area (Å²) in [6, 6.07) is 0. The van der Waals surface area contributed by atoms with E-state index in [4.69, 9.17) is 0 Å². The Hall–Kier alpha value is -0.0400. The highest BCUT2D eigenvalue weighted by Gasteiger charge is 2.44. The molecule has 1 saturated carbocycles. The molecule has 0 amide bonds. The van der Waals surface area contributed by atoms with Crippen molar-refractivity contribution in [2.24, 2.45) is 11.8 Å². The van der Waals surface area contributed by atoms with Crippen molar-refractivity contribution in [2.75, 3.05) is 6.54 Å². The Morgan fingerprint density at radius 3 is 2.31 bits per heavy atom. The second kappa shape index (κ2) is 3.61. The van der Waals surface area contributed by atoms with Crippen LogP contribution < -0.4 is 5.32 Å². The highest BCUT2D eigenvalue weighted by molar-refractivity contribution is 5.01. The Bertz CT molecular complexity index is 164. The van der Waals surface area contributed by atoms with Crippen LogP contribution in [0.5, 0.6) is 0 Å². The van der Waals surface area contributed by atoms with Gasteiger partial charge in [0.1, 0.15) is 0 Å². The summed E-state index contributed by atoms with van der Waals surface area (Å²) in [5.41, 5.74) is 0.524. The molecule has 1 unspecified atom stereocenters. The van der Waals surface area contributed by atoms with Crippen LogP contribution in [0, 0.1) is 11.8 Å². The monoisotopic (exact) mass is 181 g/mol. The Morgan fingerprint density at radius 1 is 1.15 bits per heavy atom. The molecule has 0 spiro atoms. The molecular formula is C12H23N. The summed E-state index contributed by atoms with van der Waals surface area (Å²) in [6.07, 6.45) is 8.69. The third kappa shape index (κ3) is 1.52. The minimum Gasteiger partial charge on any atom is -0.311 e. The van der Waals surface area contributed by atoms with Crippen molar-refractivity contribution in [3.8, 4) is 0 Å². The molecule has 1 aliphatic heterocycles. The van der Waals surface area contributed by atoms with Crippen LogP contribution in [0.4, 0.5) is 0 Å². The molecule has 13 heavy (non-hydrogen) atoms. The second-order valence-corrected chi connectivity index (χ2v) is 5.21. The van der Waals surface area contributed by atoms with E-state index in [9.17, 15) is 0 Å². The van der Waals surface area contributed by atoms with Crippen molar-refractivity contribution in [1.29, 1.82) is 0 Å². The molecule has 1 nitrogen and oxygen atoms in total. The van der Waals surface area contributed by atoms with Crippen molar-refractivity contribution in [3.63, 3.8) is 0 Å². The lowest BCUT2D eigenvalue weighted by molar-refractivity contribution is 0.0544. The van der Waals surface area contributed by atoms with E-state index in [0.717, 1.165) is 11.8 Å². The second-order valence-electron chi connectivity index (χ2n) is 5.21. The van der Waals surface area contributed by atoms with Crippen LogP contribution >= 0.6 is 0 Å². The van der Waals surface area contributed by atoms with E-state index in [1.54, 1.807) is 0 Å². The molecule has 1 heteroatoms. The fourth-order valence-corrected chi connectivity index (χ4v) is 3.19. The van der Waals surface area contributed by atoms with E-state index in [0.29, 0.717) is 5.54 Å². The predicted octanol–water partition coefficient (Wildman–Crippen LogP) is 2.95. The quantitative estimate of drug-likeness (QED) is 0.690. The first-order chi connectivity index (χ1) is 6.26. The summed E-state index contributed by atoms with van der Waals surface area (Å²) in [5.74, 6) is 1.81. The van der Waals surface area contributed by atoms with Crippen LogP contribution in [-0.4, -0.2) is 12.1 Å². The lowest BCUT2D eigenvalue weighted by Gasteiger charge is -2.51. The standard InChI is InChI=1S/C12H23N/c1-10(2)12(11-6-5-7-11)8-3-4-9-13-12/h10-11,13H,3-9H2,1-2H3. The Balaban J connectivity index is 2.08. The summed E-state index contributed by atoms with van der Waals surface area (Å²) in [4.78, 5) is 0. The summed E-state index contributed by atoms with van der Waals surface area (Å²) >= 11 is 0. The average Bonchev–Trinajstić information content (AvgIpc) is 2.02. The van der Waals surface area contributed by atoms with Gasteiger partial charge in [-0.15, -0.1) is 0 Å². The third-order valence-electron chi connectivity index (χ3n) is 4.34. The van der Waals surface area contributed by atoms with Gasteiger partial charge in [0, 0.05) is 5.54 Å². The number of piperidine rings is 1. The summed E-state index contributed by atoms with van der Waals surface area (Å²) in [7, 11) is 0. The van der Waals surface area contributed by atoms with Gasteiger partial charge < -0.3 is 5.32 Å². The normalized spacial score (nSPS) is 36.2. The van der Waals surface area contributed by atoms with Crippen LogP contribution in [0.15, 0.2) is 0 Å². The van der Waals surface area contributed by atoms with Crippen LogP contribution in [-0.2, 0) is 0 Å². The van der Waals surface area contributed by atoms with E-state index >= 15 is 0 Å². The molecule has 0 radical (unpaired) electrons. The maximum atomic E-state index is 3.83. The van der Waals surface area contributed by atoms with Gasteiger partial charge in [0.25, 0.3) is 0 Å². The SMILES string of the molecule is CC(C)C1(C2CCC2)CCCCN1. The minimum atomic E-state index is 0.524. The molecule has 76 valence electrons. The molecule has 1 atom stereocenters. The Kier molecular flexibility index (Phi) is 2.64. The molecule has 0 aromatic rings. The average molecular weight is 181 g/mol. The van der Waals surface area contributed by atoms with Gasteiger partial charge in [-0.25, -0.2) is 0 Å². The van der Waals surface area contributed by atoms with E-state index in [1.807, 2.05) is 0 Å². The first-order valence-corrected chi connectivity index (χ1v) is 6.01. The van der Waals surface area contributed by atoms with Crippen molar-refractivity contribution in [1.82, 2.24) is 5.32 Å². The molecule has 0 aromatic carbocycles. The topological polar surface area (TPSA) is 12.0 Å². The highest BCUT2D eigenvalue weighted by atomic mass is 15.0. The summed E-state index contributed by atoms with van der Waals surface area (Å²) < 4.78 is 0. The number of nitrogens with one attached hydrogen (secondary N) is 1. The largest absolute Gasteiger partial charge is 0.311 e. The Morgan fingerprint density at radius 2 is 1.92 bits per heavy atom. The van der Waals surface area contributed by atoms with Crippen LogP contribution in [0.3, 0.4) is 0 Å². The molecular weight excluding hydrogens is 158 g/mol. The van der Waals surface area contributed by atoms with Gasteiger partial charge in [-0.2, -0.15) is 0 Å². The molecule has 0 bridgehead atoms. The molecule has 1 heterocycles. The van der Waals surface area contributed by atoms with E-state index < -0.39 is 0 Å². The molecule has 0 aromatic heterocycles. The fourth-order valence-electron chi connectivity index (χ4n) is 3.19. The zero-order valence-electron chi connectivity index (χ0n) is 9.10. The molecule has 2 rings (SSSR count). The van der Waals surface area contributed by atoms with Gasteiger partial charge in [-0.1, -0.05) is 26.7 Å². The van der Waals surface area contributed by atoms with Gasteiger partial charge in [-0.3, -0.25) is 0 Å². The smallest absolute Gasteiger partial charge is 0.0232 e. The van der Waals surface area contributed by atoms with Crippen LogP contribution in [0.1, 0.15) is 52.4 Å². The molecule has 2 aliphatic rings. The molecule has 1 saturated heterocycles. The van der Waals surface area contributed by atoms with Crippen molar-refractivity contribution < 1.29 is 0 Å². The molecule has 1 aliphatic carbocycles. The number of rotatable bonds is 2. The lowest BCUT2D eigenvalue weighted by Crippen LogP contribution is -2.59. The maximum Gasteiger partial charge on any atom is 0.0232 e. The summed E-state index contributed by atoms with van der Waals surface area (Å²) in [5, 5.41) is 3.83. The number of hydrogen-bond acceptors (Lipinski definition) is 1. The first-order valence-electron chi connectivity index (χ1n) is 6.01. The van der Waals surface area contributed by atoms with Crippen LogP contribution in [0.2, 0.25) is 0 Å². The zero-order valence-corrected chi connectivity index (χ0v) is 9.10. The summed E-state index contributed by atoms with van der Waals surface area (Å²) in [6.45, 7) is 6.06. The van der Waals surface area contributed by atoms with Gasteiger partial charge in [0.15, 0.2) is 0 Å². The van der Waals surface area contributed by atoms with Gasteiger partial charge >= 0.3 is 0 Å². The van der Waals surface area contributed by atoms with Crippen molar-refractivity contribution >= 4 is 0 Å². The van der Waals surface area contributed by atoms with Crippen LogP contribution in [0.25, 0.3) is 0 Å². The molecule has 1 N–H and O–H groups in total. The minimum absolute atomic E-state index is 0.524. The Labute approximate surface area is 82.3 Å². The van der Waals surface area contributed by atoms with Gasteiger partial charge in [0.2, 0.25) is 0 Å². The van der Waals surface area contributed by atoms with Gasteiger partial charge in [-0.05, 0) is 44.1 Å². The van der Waals surface area contributed by atoms with Gasteiger partial charge in [0.05, 0.1) is 0 Å². The highest BCUT2D eigenvalue weighted by Crippen LogP contribution is 2.44. The van der Waals surface area contributed by atoms with E-state index in [1.165, 1.54) is 45.1 Å². The molecule has 2 fully saturated rings. The fraction of sp³-hybridized carbons (Fsp3) is 1.00. The van der Waals surface area contributed by atoms with Crippen molar-refractivity contribution in [2.45, 2.75) is 57.9 Å². The third-order valence-corrected chi connectivity index (χ3v) is 4.34. The van der Waals surface area contributed by atoms with Crippen molar-refractivity contribution in [3.05, 3.63) is 0 Å². The predicted molar refractivity (Wildman–Crippen MR) is 56.8 cm³/mol. The zero-order chi connectivity index (χ0) is 9.31.